The van der Waals surface area contributed by atoms with Crippen molar-refractivity contribution >= 4 is 38.9 Å². The van der Waals surface area contributed by atoms with Gasteiger partial charge in [0.05, 0.1) is 6.54 Å². The summed E-state index contributed by atoms with van der Waals surface area (Å²) in [6.07, 6.45) is 0.935. The van der Waals surface area contributed by atoms with Gasteiger partial charge >= 0.3 is 0 Å². The van der Waals surface area contributed by atoms with Crippen LogP contribution in [0.2, 0.25) is 0 Å². The monoisotopic (exact) mass is 345 g/mol. The Kier molecular flexibility index (Phi) is 3.84. The highest BCUT2D eigenvalue weighted by molar-refractivity contribution is 9.10. The van der Waals surface area contributed by atoms with Crippen LogP contribution >= 0.6 is 15.9 Å². The van der Waals surface area contributed by atoms with Gasteiger partial charge in [-0.15, -0.1) is 0 Å². The van der Waals surface area contributed by atoms with Crippen LogP contribution in [-0.2, 0) is 11.2 Å². The molecule has 0 bridgehead atoms. The van der Waals surface area contributed by atoms with Crippen LogP contribution in [0.15, 0.2) is 46.9 Å². The molecule has 3 N–H and O–H groups in total. The van der Waals surface area contributed by atoms with Crippen molar-refractivity contribution in [3.63, 3.8) is 0 Å². The summed E-state index contributed by atoms with van der Waals surface area (Å²) in [4.78, 5) is 14.2. The normalized spacial score (nSPS) is 13.1. The molecule has 0 radical (unpaired) electrons. The van der Waals surface area contributed by atoms with Crippen LogP contribution in [0.1, 0.15) is 5.56 Å². The number of halogens is 1. The summed E-state index contributed by atoms with van der Waals surface area (Å²) in [6, 6.07) is 13.4. The van der Waals surface area contributed by atoms with Gasteiger partial charge in [-0.05, 0) is 48.4 Å². The number of carbonyl (C=O) groups is 1. The van der Waals surface area contributed by atoms with Crippen molar-refractivity contribution < 1.29 is 4.79 Å². The van der Waals surface area contributed by atoms with Crippen molar-refractivity contribution in [2.45, 2.75) is 6.42 Å². The molecule has 0 saturated carbocycles. The Bertz CT molecular complexity index is 687. The maximum Gasteiger partial charge on any atom is 0.243 e. The highest BCUT2D eigenvalue weighted by Crippen LogP contribution is 2.29. The first-order chi connectivity index (χ1) is 10.1. The number of nitrogen functional groups attached to an aromatic ring is 1. The Morgan fingerprint density at radius 3 is 2.95 bits per heavy atom. The number of rotatable bonds is 3. The first-order valence-corrected chi connectivity index (χ1v) is 7.60. The summed E-state index contributed by atoms with van der Waals surface area (Å²) in [7, 11) is 0. The third-order valence-corrected chi connectivity index (χ3v) is 4.03. The molecule has 2 aromatic rings. The minimum absolute atomic E-state index is 0.0159. The van der Waals surface area contributed by atoms with Gasteiger partial charge in [0.1, 0.15) is 0 Å². The summed E-state index contributed by atoms with van der Waals surface area (Å²) in [6.45, 7) is 1.20. The molecular formula is C16H16BrN3O. The topological polar surface area (TPSA) is 58.4 Å². The molecule has 0 unspecified atom stereocenters. The molecule has 0 fully saturated rings. The summed E-state index contributed by atoms with van der Waals surface area (Å²) < 4.78 is 0.947. The molecule has 5 heteroatoms. The minimum atomic E-state index is -0.0159. The summed E-state index contributed by atoms with van der Waals surface area (Å²) in [5.41, 5.74) is 9.68. The zero-order valence-corrected chi connectivity index (χ0v) is 13.1. The number of fused-ring (bicyclic) bond motifs is 1. The van der Waals surface area contributed by atoms with E-state index in [4.69, 9.17) is 5.73 Å². The van der Waals surface area contributed by atoms with Crippen LogP contribution in [0.25, 0.3) is 0 Å². The lowest BCUT2D eigenvalue weighted by Gasteiger charge is -2.19. The number of benzene rings is 2. The lowest BCUT2D eigenvalue weighted by atomic mass is 10.1. The van der Waals surface area contributed by atoms with Crippen LogP contribution in [0.5, 0.6) is 0 Å². The van der Waals surface area contributed by atoms with Crippen molar-refractivity contribution in [1.82, 2.24) is 0 Å². The molecule has 1 aliphatic rings. The molecule has 1 amide bonds. The SMILES string of the molecule is Nc1ccc2c(c1)CCN2CC(=O)Nc1cccc(Br)c1. The highest BCUT2D eigenvalue weighted by Gasteiger charge is 2.21. The average Bonchev–Trinajstić information content (AvgIpc) is 2.81. The van der Waals surface area contributed by atoms with Crippen LogP contribution in [-0.4, -0.2) is 19.0 Å². The number of anilines is 3. The zero-order valence-electron chi connectivity index (χ0n) is 11.5. The molecule has 1 heterocycles. The van der Waals surface area contributed by atoms with Gasteiger partial charge in [0.2, 0.25) is 5.91 Å². The first kappa shape index (κ1) is 13.9. The quantitative estimate of drug-likeness (QED) is 0.840. The van der Waals surface area contributed by atoms with Gasteiger partial charge in [-0.1, -0.05) is 22.0 Å². The van der Waals surface area contributed by atoms with E-state index in [1.165, 1.54) is 5.56 Å². The van der Waals surface area contributed by atoms with Gasteiger partial charge in [0.15, 0.2) is 0 Å². The number of carbonyl (C=O) groups excluding carboxylic acids is 1. The fourth-order valence-electron chi connectivity index (χ4n) is 2.59. The predicted molar refractivity (Wildman–Crippen MR) is 89.5 cm³/mol. The van der Waals surface area contributed by atoms with E-state index in [0.717, 1.165) is 34.5 Å². The molecule has 2 aromatic carbocycles. The second-order valence-corrected chi connectivity index (χ2v) is 6.03. The maximum atomic E-state index is 12.2. The van der Waals surface area contributed by atoms with Crippen LogP contribution in [0.3, 0.4) is 0 Å². The van der Waals surface area contributed by atoms with E-state index in [1.807, 2.05) is 42.5 Å². The van der Waals surface area contributed by atoms with E-state index in [9.17, 15) is 4.79 Å². The Morgan fingerprint density at radius 2 is 2.14 bits per heavy atom. The number of hydrogen-bond acceptors (Lipinski definition) is 3. The molecule has 21 heavy (non-hydrogen) atoms. The van der Waals surface area contributed by atoms with Crippen molar-refractivity contribution in [3.8, 4) is 0 Å². The second-order valence-electron chi connectivity index (χ2n) is 5.12. The fourth-order valence-corrected chi connectivity index (χ4v) is 2.99. The average molecular weight is 346 g/mol. The van der Waals surface area contributed by atoms with Gasteiger partial charge in [-0.3, -0.25) is 4.79 Å². The number of hydrogen-bond donors (Lipinski definition) is 2. The third kappa shape index (κ3) is 3.19. The lowest BCUT2D eigenvalue weighted by Crippen LogP contribution is -2.31. The van der Waals surface area contributed by atoms with Crippen molar-refractivity contribution in [1.29, 1.82) is 0 Å². The summed E-state index contributed by atoms with van der Waals surface area (Å²) in [5.74, 6) is -0.0159. The maximum absolute atomic E-state index is 12.2. The largest absolute Gasteiger partial charge is 0.399 e. The zero-order chi connectivity index (χ0) is 14.8. The van der Waals surface area contributed by atoms with E-state index in [1.54, 1.807) is 0 Å². The Balaban J connectivity index is 1.67. The molecule has 4 nitrogen and oxygen atoms in total. The Hall–Kier alpha value is -2.01. The van der Waals surface area contributed by atoms with E-state index in [-0.39, 0.29) is 5.91 Å². The first-order valence-electron chi connectivity index (χ1n) is 6.80. The van der Waals surface area contributed by atoms with Crippen molar-refractivity contribution in [2.24, 2.45) is 0 Å². The highest BCUT2D eigenvalue weighted by atomic mass is 79.9. The lowest BCUT2D eigenvalue weighted by molar-refractivity contribution is -0.115. The van der Waals surface area contributed by atoms with Gasteiger partial charge < -0.3 is 16.0 Å². The Morgan fingerprint density at radius 1 is 1.29 bits per heavy atom. The predicted octanol–water partition coefficient (Wildman–Crippen LogP) is 3.03. The molecule has 0 spiro atoms. The molecule has 0 atom stereocenters. The standard InChI is InChI=1S/C16H16BrN3O/c17-12-2-1-3-14(9-12)19-16(21)10-20-7-6-11-8-13(18)4-5-15(11)20/h1-5,8-9H,6-7,10,18H2,(H,19,21). The summed E-state index contributed by atoms with van der Waals surface area (Å²) in [5, 5.41) is 2.92. The molecular weight excluding hydrogens is 330 g/mol. The number of nitrogens with two attached hydrogens (primary N) is 1. The number of nitrogens with zero attached hydrogens (tertiary/aromatic N) is 1. The van der Waals surface area contributed by atoms with Crippen molar-refractivity contribution in [3.05, 3.63) is 52.5 Å². The fraction of sp³-hybridized carbons (Fsp3) is 0.188. The number of nitrogens with one attached hydrogen (secondary N) is 1. The van der Waals surface area contributed by atoms with Crippen LogP contribution in [0.4, 0.5) is 17.1 Å². The van der Waals surface area contributed by atoms with Crippen molar-refractivity contribution in [2.75, 3.05) is 29.0 Å². The molecule has 108 valence electrons. The van der Waals surface area contributed by atoms with Gasteiger partial charge in [-0.25, -0.2) is 0 Å². The van der Waals surface area contributed by atoms with Crippen LogP contribution in [0, 0.1) is 0 Å². The molecule has 0 aromatic heterocycles. The van der Waals surface area contributed by atoms with Crippen LogP contribution < -0.4 is 16.0 Å². The van der Waals surface area contributed by atoms with E-state index in [0.29, 0.717) is 6.54 Å². The molecule has 1 aliphatic heterocycles. The number of amides is 1. The smallest absolute Gasteiger partial charge is 0.243 e. The summed E-state index contributed by atoms with van der Waals surface area (Å²) >= 11 is 3.39. The van der Waals surface area contributed by atoms with E-state index in [2.05, 4.69) is 26.1 Å². The minimum Gasteiger partial charge on any atom is -0.399 e. The molecule has 0 saturated heterocycles. The Labute approximate surface area is 132 Å². The van der Waals surface area contributed by atoms with E-state index >= 15 is 0 Å². The van der Waals surface area contributed by atoms with Gasteiger partial charge in [-0.2, -0.15) is 0 Å². The second kappa shape index (κ2) is 5.77. The van der Waals surface area contributed by atoms with Gasteiger partial charge in [0, 0.05) is 28.1 Å². The third-order valence-electron chi connectivity index (χ3n) is 3.54. The van der Waals surface area contributed by atoms with E-state index < -0.39 is 0 Å². The van der Waals surface area contributed by atoms with Gasteiger partial charge in [0.25, 0.3) is 0 Å². The molecule has 0 aliphatic carbocycles. The molecule has 3 rings (SSSR count).